The molecule has 18 heavy (non-hydrogen) atoms. The highest BCUT2D eigenvalue weighted by atomic mass is 35.5. The third-order valence-electron chi connectivity index (χ3n) is 3.84. The zero-order valence-corrected chi connectivity index (χ0v) is 11.3. The Kier molecular flexibility index (Phi) is 3.20. The average Bonchev–Trinajstić information content (AvgIpc) is 2.90. The van der Waals surface area contributed by atoms with Crippen molar-refractivity contribution in [2.45, 2.75) is 51.1 Å². The van der Waals surface area contributed by atoms with Gasteiger partial charge in [0.2, 0.25) is 5.28 Å². The molecule has 0 radical (unpaired) electrons. The van der Waals surface area contributed by atoms with Gasteiger partial charge in [-0.1, -0.05) is 19.8 Å². The van der Waals surface area contributed by atoms with Crippen molar-refractivity contribution in [3.63, 3.8) is 0 Å². The molecule has 0 aromatic carbocycles. The summed E-state index contributed by atoms with van der Waals surface area (Å²) in [6.45, 7) is 2.19. The van der Waals surface area contributed by atoms with Crippen LogP contribution in [0, 0.1) is 0 Å². The molecule has 5 heteroatoms. The van der Waals surface area contributed by atoms with Gasteiger partial charge in [0.1, 0.15) is 5.69 Å². The van der Waals surface area contributed by atoms with Crippen LogP contribution in [0.1, 0.15) is 39.0 Å². The van der Waals surface area contributed by atoms with E-state index in [9.17, 15) is 0 Å². The molecule has 0 spiro atoms. The highest BCUT2D eigenvalue weighted by molar-refractivity contribution is 6.28. The van der Waals surface area contributed by atoms with Gasteiger partial charge in [-0.25, -0.2) is 4.98 Å². The van der Waals surface area contributed by atoms with Crippen LogP contribution in [0.2, 0.25) is 5.28 Å². The zero-order chi connectivity index (χ0) is 12.5. The molecule has 96 valence electrons. The van der Waals surface area contributed by atoms with Crippen molar-refractivity contribution < 1.29 is 0 Å². The largest absolute Gasteiger partial charge is 0.344 e. The first-order valence-electron chi connectivity index (χ1n) is 6.64. The van der Waals surface area contributed by atoms with Crippen LogP contribution < -0.4 is 4.90 Å². The van der Waals surface area contributed by atoms with Crippen molar-refractivity contribution in [1.82, 2.24) is 9.97 Å². The van der Waals surface area contributed by atoms with Gasteiger partial charge in [-0.05, 0) is 30.9 Å². The van der Waals surface area contributed by atoms with Gasteiger partial charge in [0, 0.05) is 12.3 Å². The van der Waals surface area contributed by atoms with Crippen LogP contribution in [0.5, 0.6) is 0 Å². The second-order valence-electron chi connectivity index (χ2n) is 4.95. The lowest BCUT2D eigenvalue weighted by Crippen LogP contribution is -2.45. The van der Waals surface area contributed by atoms with Gasteiger partial charge < -0.3 is 4.90 Å². The number of rotatable bonds is 2. The van der Waals surface area contributed by atoms with Gasteiger partial charge in [-0.2, -0.15) is 4.98 Å². The van der Waals surface area contributed by atoms with E-state index >= 15 is 0 Å². The molecule has 1 aromatic rings. The van der Waals surface area contributed by atoms with Gasteiger partial charge in [0.15, 0.2) is 5.82 Å². The summed E-state index contributed by atoms with van der Waals surface area (Å²) in [4.78, 5) is 15.3. The lowest BCUT2D eigenvalue weighted by atomic mass is 10.1. The molecule has 1 aliphatic carbocycles. The predicted octanol–water partition coefficient (Wildman–Crippen LogP) is 3.37. The van der Waals surface area contributed by atoms with E-state index in [1.807, 2.05) is 6.21 Å². The van der Waals surface area contributed by atoms with Crippen molar-refractivity contribution in [1.29, 1.82) is 0 Å². The SMILES string of the molecule is CC[C@@H]1C=Nc2cnc(Cl)nc2N1C1CCCC1. The Hall–Kier alpha value is -1.16. The van der Waals surface area contributed by atoms with Crippen LogP contribution in [0.4, 0.5) is 11.5 Å². The number of aromatic nitrogens is 2. The summed E-state index contributed by atoms with van der Waals surface area (Å²) in [5, 5.41) is 0.309. The van der Waals surface area contributed by atoms with Gasteiger partial charge in [0.25, 0.3) is 0 Å². The molecular weight excluding hydrogens is 248 g/mol. The molecule has 0 bridgehead atoms. The van der Waals surface area contributed by atoms with E-state index in [0.717, 1.165) is 17.9 Å². The molecule has 2 heterocycles. The van der Waals surface area contributed by atoms with E-state index in [4.69, 9.17) is 11.6 Å². The number of hydrogen-bond donors (Lipinski definition) is 0. The molecule has 0 unspecified atom stereocenters. The highest BCUT2D eigenvalue weighted by Crippen LogP contribution is 2.37. The van der Waals surface area contributed by atoms with Crippen molar-refractivity contribution >= 4 is 29.3 Å². The molecule has 4 nitrogen and oxygen atoms in total. The minimum absolute atomic E-state index is 0.309. The molecule has 1 atom stereocenters. The summed E-state index contributed by atoms with van der Waals surface area (Å²) in [7, 11) is 0. The molecule has 3 rings (SSSR count). The second kappa shape index (κ2) is 4.84. The third kappa shape index (κ3) is 1.99. The van der Waals surface area contributed by atoms with Gasteiger partial charge in [-0.3, -0.25) is 4.99 Å². The van der Waals surface area contributed by atoms with E-state index in [1.54, 1.807) is 6.20 Å². The van der Waals surface area contributed by atoms with E-state index in [-0.39, 0.29) is 0 Å². The van der Waals surface area contributed by atoms with Gasteiger partial charge in [-0.15, -0.1) is 0 Å². The van der Waals surface area contributed by atoms with Crippen molar-refractivity contribution in [2.75, 3.05) is 4.90 Å². The number of anilines is 1. The molecule has 1 aromatic heterocycles. The minimum Gasteiger partial charge on any atom is -0.344 e. The van der Waals surface area contributed by atoms with Gasteiger partial charge in [0.05, 0.1) is 12.2 Å². The summed E-state index contributed by atoms with van der Waals surface area (Å²) in [6.07, 6.45) is 9.89. The van der Waals surface area contributed by atoms with Crippen LogP contribution in [0.3, 0.4) is 0 Å². The summed E-state index contributed by atoms with van der Waals surface area (Å²) < 4.78 is 0. The Labute approximate surface area is 112 Å². The fourth-order valence-corrected chi connectivity index (χ4v) is 3.08. The average molecular weight is 265 g/mol. The fourth-order valence-electron chi connectivity index (χ4n) is 2.95. The standard InChI is InChI=1S/C13H17ClN4/c1-2-9-7-15-11-8-16-13(14)17-12(11)18(9)10-5-3-4-6-10/h7-10H,2-6H2,1H3/t9-/m1/s1. The maximum absolute atomic E-state index is 5.94. The number of nitrogens with zero attached hydrogens (tertiary/aromatic N) is 4. The number of hydrogen-bond acceptors (Lipinski definition) is 4. The Morgan fingerprint density at radius 1 is 1.39 bits per heavy atom. The first-order valence-corrected chi connectivity index (χ1v) is 7.02. The van der Waals surface area contributed by atoms with Crippen LogP contribution >= 0.6 is 11.6 Å². The topological polar surface area (TPSA) is 41.4 Å². The van der Waals surface area contributed by atoms with Gasteiger partial charge >= 0.3 is 0 Å². The Bertz CT molecular complexity index is 468. The Balaban J connectivity index is 2.02. The Morgan fingerprint density at radius 3 is 2.89 bits per heavy atom. The molecule has 1 saturated carbocycles. The zero-order valence-electron chi connectivity index (χ0n) is 10.5. The molecule has 0 saturated heterocycles. The minimum atomic E-state index is 0.309. The lowest BCUT2D eigenvalue weighted by molar-refractivity contribution is 0.557. The number of halogens is 1. The van der Waals surface area contributed by atoms with Crippen molar-refractivity contribution in [3.05, 3.63) is 11.5 Å². The first-order chi connectivity index (χ1) is 8.79. The normalized spacial score (nSPS) is 23.4. The predicted molar refractivity (Wildman–Crippen MR) is 74.0 cm³/mol. The Morgan fingerprint density at radius 2 is 2.17 bits per heavy atom. The second-order valence-corrected chi connectivity index (χ2v) is 5.29. The fraction of sp³-hybridized carbons (Fsp3) is 0.615. The number of aliphatic imine (C=N–C) groups is 1. The van der Waals surface area contributed by atoms with Crippen LogP contribution in [-0.4, -0.2) is 28.3 Å². The first kappa shape index (κ1) is 11.9. The molecule has 2 aliphatic rings. The smallest absolute Gasteiger partial charge is 0.224 e. The monoisotopic (exact) mass is 264 g/mol. The highest BCUT2D eigenvalue weighted by Gasteiger charge is 2.32. The maximum Gasteiger partial charge on any atom is 0.224 e. The maximum atomic E-state index is 5.94. The van der Waals surface area contributed by atoms with Crippen molar-refractivity contribution in [2.24, 2.45) is 4.99 Å². The summed E-state index contributed by atoms with van der Waals surface area (Å²) in [6, 6.07) is 0.915. The third-order valence-corrected chi connectivity index (χ3v) is 4.03. The number of fused-ring (bicyclic) bond motifs is 1. The van der Waals surface area contributed by atoms with Crippen molar-refractivity contribution in [3.8, 4) is 0 Å². The van der Waals surface area contributed by atoms with E-state index in [0.29, 0.717) is 17.4 Å². The van der Waals surface area contributed by atoms with E-state index < -0.39 is 0 Å². The molecule has 1 aliphatic heterocycles. The molecule has 1 fully saturated rings. The van der Waals surface area contributed by atoms with E-state index in [2.05, 4.69) is 26.8 Å². The summed E-state index contributed by atoms with van der Waals surface area (Å²) in [5.41, 5.74) is 0.844. The summed E-state index contributed by atoms with van der Waals surface area (Å²) >= 11 is 5.94. The quantitative estimate of drug-likeness (QED) is 0.769. The van der Waals surface area contributed by atoms with Crippen LogP contribution in [0.25, 0.3) is 0 Å². The lowest BCUT2D eigenvalue weighted by Gasteiger charge is -2.37. The van der Waals surface area contributed by atoms with Crippen LogP contribution in [0.15, 0.2) is 11.2 Å². The van der Waals surface area contributed by atoms with E-state index in [1.165, 1.54) is 25.7 Å². The molecular formula is C13H17ClN4. The summed E-state index contributed by atoms with van der Waals surface area (Å²) in [5.74, 6) is 0.913. The molecule has 0 amide bonds. The molecule has 0 N–H and O–H groups in total. The van der Waals surface area contributed by atoms with Crippen LogP contribution in [-0.2, 0) is 0 Å².